The van der Waals surface area contributed by atoms with Crippen LogP contribution in [0.1, 0.15) is 36.9 Å². The predicted octanol–water partition coefficient (Wildman–Crippen LogP) is 2.95. The third kappa shape index (κ3) is 1.54. The standard InChI is InChI=1S/C15H20N2O/c1-10-8-11-13(17-10)5-4-12(14(11)18)15(9-16)6-2-3-7-15/h4-5,8,17-18H,2-3,6-7,9,16H2,1H3. The van der Waals surface area contributed by atoms with Crippen LogP contribution in [0.15, 0.2) is 18.2 Å². The van der Waals surface area contributed by atoms with Gasteiger partial charge < -0.3 is 15.8 Å². The van der Waals surface area contributed by atoms with Gasteiger partial charge in [-0.15, -0.1) is 0 Å². The Labute approximate surface area is 107 Å². The van der Waals surface area contributed by atoms with Crippen LogP contribution in [0, 0.1) is 6.92 Å². The molecule has 2 aromatic rings. The SMILES string of the molecule is Cc1cc2c(O)c(C3(CN)CCCC3)ccc2[nH]1. The summed E-state index contributed by atoms with van der Waals surface area (Å²) in [5.74, 6) is 0.421. The van der Waals surface area contributed by atoms with Crippen molar-refractivity contribution in [3.8, 4) is 5.75 Å². The summed E-state index contributed by atoms with van der Waals surface area (Å²) in [6, 6.07) is 6.12. The third-order valence-corrected chi connectivity index (χ3v) is 4.43. The maximum Gasteiger partial charge on any atom is 0.128 e. The van der Waals surface area contributed by atoms with E-state index in [2.05, 4.69) is 11.1 Å². The van der Waals surface area contributed by atoms with E-state index >= 15 is 0 Å². The molecule has 1 aliphatic carbocycles. The van der Waals surface area contributed by atoms with Gasteiger partial charge in [-0.3, -0.25) is 0 Å². The highest BCUT2D eigenvalue weighted by atomic mass is 16.3. The summed E-state index contributed by atoms with van der Waals surface area (Å²) in [6.45, 7) is 2.63. The van der Waals surface area contributed by atoms with Crippen LogP contribution in [-0.2, 0) is 5.41 Å². The van der Waals surface area contributed by atoms with Crippen LogP contribution in [0.3, 0.4) is 0 Å². The highest BCUT2D eigenvalue weighted by molar-refractivity contribution is 5.88. The largest absolute Gasteiger partial charge is 0.507 e. The summed E-state index contributed by atoms with van der Waals surface area (Å²) in [5.41, 5.74) is 9.10. The minimum atomic E-state index is -0.0105. The van der Waals surface area contributed by atoms with E-state index in [1.807, 2.05) is 19.1 Å². The van der Waals surface area contributed by atoms with Crippen molar-refractivity contribution in [1.82, 2.24) is 4.98 Å². The molecule has 1 aliphatic rings. The van der Waals surface area contributed by atoms with Gasteiger partial charge in [0, 0.05) is 34.1 Å². The van der Waals surface area contributed by atoms with E-state index in [9.17, 15) is 5.11 Å². The smallest absolute Gasteiger partial charge is 0.128 e. The van der Waals surface area contributed by atoms with Crippen LogP contribution in [0.2, 0.25) is 0 Å². The van der Waals surface area contributed by atoms with Gasteiger partial charge in [0.2, 0.25) is 0 Å². The van der Waals surface area contributed by atoms with Crippen LogP contribution in [0.5, 0.6) is 5.75 Å². The number of hydrogen-bond donors (Lipinski definition) is 3. The summed E-state index contributed by atoms with van der Waals surface area (Å²) in [5, 5.41) is 11.5. The Hall–Kier alpha value is -1.48. The number of aryl methyl sites for hydroxylation is 1. The maximum absolute atomic E-state index is 10.5. The van der Waals surface area contributed by atoms with Crippen LogP contribution in [0.4, 0.5) is 0 Å². The number of aromatic hydroxyl groups is 1. The zero-order valence-corrected chi connectivity index (χ0v) is 10.8. The number of nitrogens with one attached hydrogen (secondary N) is 1. The zero-order valence-electron chi connectivity index (χ0n) is 10.8. The molecule has 4 N–H and O–H groups in total. The number of H-pyrrole nitrogens is 1. The van der Waals surface area contributed by atoms with Crippen molar-refractivity contribution >= 4 is 10.9 Å². The van der Waals surface area contributed by atoms with Crippen LogP contribution in [0.25, 0.3) is 10.9 Å². The topological polar surface area (TPSA) is 62.0 Å². The first kappa shape index (κ1) is 11.6. The fourth-order valence-corrected chi connectivity index (χ4v) is 3.39. The number of fused-ring (bicyclic) bond motifs is 1. The van der Waals surface area contributed by atoms with E-state index in [1.54, 1.807) is 0 Å². The fraction of sp³-hybridized carbons (Fsp3) is 0.467. The first-order valence-corrected chi connectivity index (χ1v) is 6.68. The quantitative estimate of drug-likeness (QED) is 0.760. The van der Waals surface area contributed by atoms with Crippen LogP contribution >= 0.6 is 0 Å². The molecule has 0 unspecified atom stereocenters. The number of benzene rings is 1. The van der Waals surface area contributed by atoms with E-state index in [-0.39, 0.29) is 5.41 Å². The third-order valence-electron chi connectivity index (χ3n) is 4.43. The molecule has 0 amide bonds. The van der Waals surface area contributed by atoms with Crippen molar-refractivity contribution in [3.63, 3.8) is 0 Å². The molecule has 0 aliphatic heterocycles. The van der Waals surface area contributed by atoms with Gasteiger partial charge >= 0.3 is 0 Å². The number of phenolic OH excluding ortho intramolecular Hbond substituents is 1. The second-order valence-electron chi connectivity index (χ2n) is 5.57. The zero-order chi connectivity index (χ0) is 12.8. The molecule has 1 saturated carbocycles. The van der Waals surface area contributed by atoms with Crippen LogP contribution in [-0.4, -0.2) is 16.6 Å². The second-order valence-corrected chi connectivity index (χ2v) is 5.57. The number of hydrogen-bond acceptors (Lipinski definition) is 2. The normalized spacial score (nSPS) is 18.6. The van der Waals surface area contributed by atoms with Gasteiger partial charge in [0.15, 0.2) is 0 Å². The number of rotatable bonds is 2. The van der Waals surface area contributed by atoms with Gasteiger partial charge in [0.1, 0.15) is 5.75 Å². The fourth-order valence-electron chi connectivity index (χ4n) is 3.39. The number of aromatic nitrogens is 1. The predicted molar refractivity (Wildman–Crippen MR) is 73.9 cm³/mol. The molecule has 0 saturated heterocycles. The Balaban J connectivity index is 2.19. The summed E-state index contributed by atoms with van der Waals surface area (Å²) in [4.78, 5) is 3.26. The molecule has 1 aromatic carbocycles. The average molecular weight is 244 g/mol. The Bertz CT molecular complexity index is 579. The van der Waals surface area contributed by atoms with E-state index in [4.69, 9.17) is 5.73 Å². The molecular formula is C15H20N2O. The van der Waals surface area contributed by atoms with Crippen molar-refractivity contribution in [2.24, 2.45) is 5.73 Å². The molecule has 0 spiro atoms. The second kappa shape index (κ2) is 4.02. The number of phenols is 1. The molecule has 3 nitrogen and oxygen atoms in total. The molecule has 3 rings (SSSR count). The Morgan fingerprint density at radius 1 is 1.33 bits per heavy atom. The Morgan fingerprint density at radius 3 is 2.72 bits per heavy atom. The molecule has 96 valence electrons. The van der Waals surface area contributed by atoms with Crippen molar-refractivity contribution < 1.29 is 5.11 Å². The summed E-state index contributed by atoms with van der Waals surface area (Å²) in [7, 11) is 0. The first-order chi connectivity index (χ1) is 8.66. The van der Waals surface area contributed by atoms with Gasteiger partial charge in [0.25, 0.3) is 0 Å². The van der Waals surface area contributed by atoms with Crippen molar-refractivity contribution in [2.45, 2.75) is 38.0 Å². The maximum atomic E-state index is 10.5. The summed E-state index contributed by atoms with van der Waals surface area (Å²) < 4.78 is 0. The number of nitrogens with two attached hydrogens (primary N) is 1. The van der Waals surface area contributed by atoms with E-state index < -0.39 is 0 Å². The van der Waals surface area contributed by atoms with Gasteiger partial charge in [-0.2, -0.15) is 0 Å². The summed E-state index contributed by atoms with van der Waals surface area (Å²) >= 11 is 0. The first-order valence-electron chi connectivity index (χ1n) is 6.68. The van der Waals surface area contributed by atoms with Gasteiger partial charge in [-0.1, -0.05) is 18.9 Å². The summed E-state index contributed by atoms with van der Waals surface area (Å²) in [6.07, 6.45) is 4.60. The monoisotopic (exact) mass is 244 g/mol. The molecule has 18 heavy (non-hydrogen) atoms. The molecule has 0 atom stereocenters. The van der Waals surface area contributed by atoms with Gasteiger partial charge in [0.05, 0.1) is 0 Å². The van der Waals surface area contributed by atoms with Gasteiger partial charge in [-0.05, 0) is 31.9 Å². The Kier molecular flexibility index (Phi) is 2.59. The van der Waals surface area contributed by atoms with Crippen molar-refractivity contribution in [3.05, 3.63) is 29.5 Å². The molecule has 3 heteroatoms. The highest BCUT2D eigenvalue weighted by Gasteiger charge is 2.36. The molecule has 0 radical (unpaired) electrons. The minimum absolute atomic E-state index is 0.0105. The van der Waals surface area contributed by atoms with Crippen LogP contribution < -0.4 is 5.73 Å². The van der Waals surface area contributed by atoms with E-state index in [0.717, 1.165) is 35.0 Å². The van der Waals surface area contributed by atoms with Crippen molar-refractivity contribution in [2.75, 3.05) is 6.54 Å². The van der Waals surface area contributed by atoms with E-state index in [0.29, 0.717) is 12.3 Å². The lowest BCUT2D eigenvalue weighted by Crippen LogP contribution is -2.32. The van der Waals surface area contributed by atoms with Crippen molar-refractivity contribution in [1.29, 1.82) is 0 Å². The molecule has 1 fully saturated rings. The minimum Gasteiger partial charge on any atom is -0.507 e. The molecule has 1 heterocycles. The lowest BCUT2D eigenvalue weighted by atomic mass is 9.78. The highest BCUT2D eigenvalue weighted by Crippen LogP contribution is 2.45. The average Bonchev–Trinajstić information content (AvgIpc) is 2.96. The lowest BCUT2D eigenvalue weighted by Gasteiger charge is -2.28. The number of aromatic amines is 1. The molecule has 1 aromatic heterocycles. The Morgan fingerprint density at radius 2 is 2.06 bits per heavy atom. The van der Waals surface area contributed by atoms with E-state index in [1.165, 1.54) is 12.8 Å². The molecular weight excluding hydrogens is 224 g/mol. The van der Waals surface area contributed by atoms with Gasteiger partial charge in [-0.25, -0.2) is 0 Å². The molecule has 0 bridgehead atoms. The lowest BCUT2D eigenvalue weighted by molar-refractivity contribution is 0.409.